The molecule has 9 heteroatoms. The van der Waals surface area contributed by atoms with E-state index in [-0.39, 0.29) is 11.9 Å². The number of carbonyl (C=O) groups excluding carboxylic acids is 1. The number of nitrogens with zero attached hydrogens (tertiary/aromatic N) is 7. The SMILES string of the molecule is CCn1c(SCC(=O)N2CCCC2c2nnc3n2CCCCC3)nnc1-c1cccc(C)c1. The topological polar surface area (TPSA) is 81.7 Å². The second kappa shape index (κ2) is 9.67. The van der Waals surface area contributed by atoms with E-state index >= 15 is 0 Å². The first kappa shape index (κ1) is 22.1. The van der Waals surface area contributed by atoms with Crippen molar-refractivity contribution in [1.29, 1.82) is 0 Å². The number of amides is 1. The van der Waals surface area contributed by atoms with Crippen molar-refractivity contribution in [3.05, 3.63) is 41.5 Å². The number of hydrogen-bond donors (Lipinski definition) is 0. The molecule has 5 rings (SSSR count). The zero-order valence-corrected chi connectivity index (χ0v) is 20.2. The minimum absolute atomic E-state index is 0.0318. The Balaban J connectivity index is 1.30. The molecule has 1 saturated heterocycles. The summed E-state index contributed by atoms with van der Waals surface area (Å²) in [6.45, 7) is 6.66. The number of thioether (sulfide) groups is 1. The Hall–Kier alpha value is -2.68. The Morgan fingerprint density at radius 3 is 2.85 bits per heavy atom. The summed E-state index contributed by atoms with van der Waals surface area (Å²) in [5.74, 6) is 3.39. The lowest BCUT2D eigenvalue weighted by Crippen LogP contribution is -2.33. The van der Waals surface area contributed by atoms with Gasteiger partial charge in [-0.1, -0.05) is 41.9 Å². The molecule has 0 bridgehead atoms. The van der Waals surface area contributed by atoms with Gasteiger partial charge in [-0.25, -0.2) is 0 Å². The van der Waals surface area contributed by atoms with Crippen LogP contribution in [0.25, 0.3) is 11.4 Å². The lowest BCUT2D eigenvalue weighted by atomic mass is 10.1. The zero-order chi connectivity index (χ0) is 22.8. The maximum Gasteiger partial charge on any atom is 0.233 e. The molecule has 0 N–H and O–H groups in total. The minimum Gasteiger partial charge on any atom is -0.332 e. The van der Waals surface area contributed by atoms with Crippen molar-refractivity contribution in [2.75, 3.05) is 12.3 Å². The number of likely N-dealkylation sites (tertiary alicyclic amines) is 1. The van der Waals surface area contributed by atoms with E-state index < -0.39 is 0 Å². The van der Waals surface area contributed by atoms with Crippen LogP contribution in [0.5, 0.6) is 0 Å². The molecular formula is C24H31N7OS. The van der Waals surface area contributed by atoms with Crippen LogP contribution in [0.15, 0.2) is 29.4 Å². The summed E-state index contributed by atoms with van der Waals surface area (Å²) in [4.78, 5) is 15.3. The van der Waals surface area contributed by atoms with Crippen molar-refractivity contribution in [1.82, 2.24) is 34.4 Å². The van der Waals surface area contributed by atoms with Crippen LogP contribution in [0.2, 0.25) is 0 Å². The van der Waals surface area contributed by atoms with E-state index in [1.165, 1.54) is 30.2 Å². The van der Waals surface area contributed by atoms with Crippen LogP contribution >= 0.6 is 11.8 Å². The molecule has 8 nitrogen and oxygen atoms in total. The van der Waals surface area contributed by atoms with Crippen LogP contribution in [0.3, 0.4) is 0 Å². The average molecular weight is 466 g/mol. The molecule has 1 fully saturated rings. The summed E-state index contributed by atoms with van der Waals surface area (Å²) in [7, 11) is 0. The van der Waals surface area contributed by atoms with Crippen molar-refractivity contribution in [3.63, 3.8) is 0 Å². The third kappa shape index (κ3) is 4.43. The van der Waals surface area contributed by atoms with Crippen molar-refractivity contribution >= 4 is 17.7 Å². The minimum atomic E-state index is 0.0318. The first-order valence-electron chi connectivity index (χ1n) is 12.0. The van der Waals surface area contributed by atoms with Crippen molar-refractivity contribution < 1.29 is 4.79 Å². The molecule has 2 aliphatic heterocycles. The van der Waals surface area contributed by atoms with Gasteiger partial charge < -0.3 is 14.0 Å². The van der Waals surface area contributed by atoms with Crippen LogP contribution in [-0.2, 0) is 24.3 Å². The highest BCUT2D eigenvalue weighted by atomic mass is 32.2. The molecule has 0 saturated carbocycles. The van der Waals surface area contributed by atoms with E-state index in [1.807, 2.05) is 11.0 Å². The van der Waals surface area contributed by atoms with Gasteiger partial charge in [0, 0.05) is 31.6 Å². The van der Waals surface area contributed by atoms with Crippen LogP contribution in [0, 0.1) is 6.92 Å². The molecular weight excluding hydrogens is 434 g/mol. The Bertz CT molecular complexity index is 1140. The molecule has 2 aromatic heterocycles. The monoisotopic (exact) mass is 465 g/mol. The number of fused-ring (bicyclic) bond motifs is 1. The highest BCUT2D eigenvalue weighted by Crippen LogP contribution is 2.33. The molecule has 1 aromatic carbocycles. The van der Waals surface area contributed by atoms with E-state index in [0.29, 0.717) is 5.75 Å². The van der Waals surface area contributed by atoms with Gasteiger partial charge in [-0.2, -0.15) is 0 Å². The summed E-state index contributed by atoms with van der Waals surface area (Å²) >= 11 is 1.47. The third-order valence-corrected chi connectivity index (χ3v) is 7.59. The average Bonchev–Trinajstić information content (AvgIpc) is 3.52. The van der Waals surface area contributed by atoms with Gasteiger partial charge >= 0.3 is 0 Å². The third-order valence-electron chi connectivity index (χ3n) is 6.64. The Kier molecular flexibility index (Phi) is 6.48. The van der Waals surface area contributed by atoms with E-state index in [2.05, 4.69) is 61.6 Å². The predicted octanol–water partition coefficient (Wildman–Crippen LogP) is 4.05. The predicted molar refractivity (Wildman–Crippen MR) is 128 cm³/mol. The van der Waals surface area contributed by atoms with Crippen LogP contribution in [0.1, 0.15) is 62.3 Å². The van der Waals surface area contributed by atoms with Crippen LogP contribution in [-0.4, -0.2) is 52.6 Å². The molecule has 33 heavy (non-hydrogen) atoms. The molecule has 1 unspecified atom stereocenters. The molecule has 4 heterocycles. The van der Waals surface area contributed by atoms with E-state index in [4.69, 9.17) is 0 Å². The second-order valence-electron chi connectivity index (χ2n) is 8.89. The number of hydrogen-bond acceptors (Lipinski definition) is 6. The van der Waals surface area contributed by atoms with Gasteiger partial charge in [-0.05, 0) is 45.6 Å². The molecule has 0 aliphatic carbocycles. The standard InChI is InChI=1S/C24H31N7OS/c1-3-29-22(18-10-7-9-17(2)15-18)26-28-24(29)33-16-21(32)30-14-8-11-19(30)23-27-25-20-12-5-4-6-13-31(20)23/h7,9-10,15,19H,3-6,8,11-14,16H2,1-2H3. The van der Waals surface area contributed by atoms with Gasteiger partial charge in [0.25, 0.3) is 0 Å². The first-order valence-corrected chi connectivity index (χ1v) is 13.0. The Labute approximate surface area is 198 Å². The van der Waals surface area contributed by atoms with Crippen LogP contribution in [0.4, 0.5) is 0 Å². The molecule has 2 aliphatic rings. The van der Waals surface area contributed by atoms with Gasteiger partial charge in [-0.3, -0.25) is 4.79 Å². The maximum absolute atomic E-state index is 13.3. The van der Waals surface area contributed by atoms with Crippen molar-refractivity contribution in [2.24, 2.45) is 0 Å². The van der Waals surface area contributed by atoms with E-state index in [9.17, 15) is 4.79 Å². The fraction of sp³-hybridized carbons (Fsp3) is 0.542. The maximum atomic E-state index is 13.3. The summed E-state index contributed by atoms with van der Waals surface area (Å²) in [6.07, 6.45) is 6.51. The molecule has 174 valence electrons. The zero-order valence-electron chi connectivity index (χ0n) is 19.4. The van der Waals surface area contributed by atoms with Gasteiger partial charge in [0.1, 0.15) is 5.82 Å². The smallest absolute Gasteiger partial charge is 0.233 e. The fourth-order valence-electron chi connectivity index (χ4n) is 4.98. The summed E-state index contributed by atoms with van der Waals surface area (Å²) in [6, 6.07) is 8.31. The van der Waals surface area contributed by atoms with Crippen molar-refractivity contribution in [2.45, 2.75) is 76.7 Å². The molecule has 0 spiro atoms. The first-order chi connectivity index (χ1) is 16.2. The molecule has 1 atom stereocenters. The largest absolute Gasteiger partial charge is 0.332 e. The fourth-order valence-corrected chi connectivity index (χ4v) is 5.86. The summed E-state index contributed by atoms with van der Waals surface area (Å²) in [5, 5.41) is 18.6. The molecule has 3 aromatic rings. The molecule has 1 amide bonds. The van der Waals surface area contributed by atoms with E-state index in [1.54, 1.807) is 0 Å². The number of aryl methyl sites for hydroxylation is 2. The molecule has 0 radical (unpaired) electrons. The quantitative estimate of drug-likeness (QED) is 0.511. The summed E-state index contributed by atoms with van der Waals surface area (Å²) in [5.41, 5.74) is 2.24. The Morgan fingerprint density at radius 1 is 1.09 bits per heavy atom. The number of carbonyl (C=O) groups is 1. The highest BCUT2D eigenvalue weighted by molar-refractivity contribution is 7.99. The second-order valence-corrected chi connectivity index (χ2v) is 9.83. The van der Waals surface area contributed by atoms with Crippen molar-refractivity contribution in [3.8, 4) is 11.4 Å². The van der Waals surface area contributed by atoms with Gasteiger partial charge in [0.2, 0.25) is 5.91 Å². The Morgan fingerprint density at radius 2 is 2.00 bits per heavy atom. The van der Waals surface area contributed by atoms with Gasteiger partial charge in [-0.15, -0.1) is 20.4 Å². The van der Waals surface area contributed by atoms with Gasteiger partial charge in [0.15, 0.2) is 16.8 Å². The number of aromatic nitrogens is 6. The normalized spacial score (nSPS) is 18.4. The highest BCUT2D eigenvalue weighted by Gasteiger charge is 2.34. The number of benzene rings is 1. The van der Waals surface area contributed by atoms with E-state index in [0.717, 1.165) is 73.5 Å². The van der Waals surface area contributed by atoms with Crippen LogP contribution < -0.4 is 0 Å². The summed E-state index contributed by atoms with van der Waals surface area (Å²) < 4.78 is 4.37. The lowest BCUT2D eigenvalue weighted by molar-refractivity contribution is -0.129. The number of rotatable bonds is 6. The van der Waals surface area contributed by atoms with Gasteiger partial charge in [0.05, 0.1) is 11.8 Å². The lowest BCUT2D eigenvalue weighted by Gasteiger charge is -2.24.